The average molecular weight is 494 g/mol. The average Bonchev–Trinajstić information content (AvgIpc) is 3.55. The molecule has 35 heavy (non-hydrogen) atoms. The molecule has 0 saturated carbocycles. The zero-order valence-electron chi connectivity index (χ0n) is 20.5. The van der Waals surface area contributed by atoms with Gasteiger partial charge in [-0.1, -0.05) is 20.3 Å². The number of hydrogen-bond donors (Lipinski definition) is 7. The Labute approximate surface area is 205 Å². The van der Waals surface area contributed by atoms with Crippen LogP contribution in [0.5, 0.6) is 0 Å². The number of amides is 3. The summed E-state index contributed by atoms with van der Waals surface area (Å²) in [5.41, 5.74) is 6.08. The van der Waals surface area contributed by atoms with E-state index in [-0.39, 0.29) is 30.7 Å². The largest absolute Gasteiger partial charge is 0.480 e. The highest BCUT2D eigenvalue weighted by atomic mass is 16.4. The molecule has 12 nitrogen and oxygen atoms in total. The summed E-state index contributed by atoms with van der Waals surface area (Å²) in [4.78, 5) is 57.6. The molecule has 8 N–H and O–H groups in total. The van der Waals surface area contributed by atoms with Crippen LogP contribution in [0.15, 0.2) is 12.5 Å². The fourth-order valence-electron chi connectivity index (χ4n) is 3.97. The number of carbonyl (C=O) groups is 4. The maximum Gasteiger partial charge on any atom is 0.326 e. The molecule has 0 spiro atoms. The Morgan fingerprint density at radius 3 is 2.49 bits per heavy atom. The van der Waals surface area contributed by atoms with Gasteiger partial charge in [-0.25, -0.2) is 9.78 Å². The Hall–Kier alpha value is -2.99. The van der Waals surface area contributed by atoms with Crippen molar-refractivity contribution in [3.8, 4) is 0 Å². The maximum atomic E-state index is 13.3. The number of carbonyl (C=O) groups excluding carboxylic acids is 3. The molecule has 1 saturated heterocycles. The molecule has 1 aromatic heterocycles. The van der Waals surface area contributed by atoms with Crippen molar-refractivity contribution in [3.05, 3.63) is 18.2 Å². The Morgan fingerprint density at radius 2 is 1.91 bits per heavy atom. The fraction of sp³-hybridized carbons (Fsp3) is 0.696. The van der Waals surface area contributed by atoms with Crippen molar-refractivity contribution in [2.45, 2.75) is 83.0 Å². The van der Waals surface area contributed by atoms with E-state index in [1.165, 1.54) is 12.5 Å². The predicted octanol–water partition coefficient (Wildman–Crippen LogP) is -0.582. The predicted molar refractivity (Wildman–Crippen MR) is 129 cm³/mol. The van der Waals surface area contributed by atoms with Gasteiger partial charge in [0.2, 0.25) is 17.7 Å². The summed E-state index contributed by atoms with van der Waals surface area (Å²) in [6.07, 6.45) is 6.70. The Bertz CT molecular complexity index is 826. The summed E-state index contributed by atoms with van der Waals surface area (Å²) < 4.78 is 0. The van der Waals surface area contributed by atoms with Crippen LogP contribution in [-0.2, 0) is 25.6 Å². The molecule has 12 heteroatoms. The van der Waals surface area contributed by atoms with Gasteiger partial charge in [-0.15, -0.1) is 0 Å². The first-order valence-electron chi connectivity index (χ1n) is 12.3. The lowest BCUT2D eigenvalue weighted by atomic mass is 9.97. The number of unbranched alkanes of at least 4 members (excludes halogenated alkanes) is 1. The molecular formula is C23H39N7O5. The highest BCUT2D eigenvalue weighted by Gasteiger charge is 2.33. The summed E-state index contributed by atoms with van der Waals surface area (Å²) in [5.74, 6) is -2.71. The van der Waals surface area contributed by atoms with Crippen molar-refractivity contribution in [2.24, 2.45) is 11.7 Å². The minimum Gasteiger partial charge on any atom is -0.480 e. The van der Waals surface area contributed by atoms with Crippen molar-refractivity contribution in [1.82, 2.24) is 31.2 Å². The van der Waals surface area contributed by atoms with E-state index in [2.05, 4.69) is 31.2 Å². The lowest BCUT2D eigenvalue weighted by Crippen LogP contribution is -2.59. The lowest BCUT2D eigenvalue weighted by Gasteiger charge is -2.28. The summed E-state index contributed by atoms with van der Waals surface area (Å²) in [6.45, 7) is 4.95. The first-order valence-corrected chi connectivity index (χ1v) is 12.3. The van der Waals surface area contributed by atoms with Gasteiger partial charge in [0.15, 0.2) is 0 Å². The number of H-pyrrole nitrogens is 1. The SMILES string of the molecule is CCC(C)C(NC(=O)C1CCCN1)C(=O)NC(Cc1cnc[nH]1)C(=O)NC(CCCCN)C(=O)O. The van der Waals surface area contributed by atoms with Gasteiger partial charge in [0.1, 0.15) is 18.1 Å². The van der Waals surface area contributed by atoms with Crippen molar-refractivity contribution in [2.75, 3.05) is 13.1 Å². The normalized spacial score (nSPS) is 18.8. The molecular weight excluding hydrogens is 454 g/mol. The number of carboxylic acids is 1. The van der Waals surface area contributed by atoms with Gasteiger partial charge in [-0.3, -0.25) is 14.4 Å². The van der Waals surface area contributed by atoms with Gasteiger partial charge >= 0.3 is 5.97 Å². The van der Waals surface area contributed by atoms with E-state index in [4.69, 9.17) is 5.73 Å². The molecule has 196 valence electrons. The van der Waals surface area contributed by atoms with Crippen LogP contribution in [0.1, 0.15) is 58.1 Å². The Kier molecular flexibility index (Phi) is 11.6. The molecule has 1 aromatic rings. The van der Waals surface area contributed by atoms with E-state index in [9.17, 15) is 24.3 Å². The molecule has 5 unspecified atom stereocenters. The van der Waals surface area contributed by atoms with Crippen LogP contribution in [0.25, 0.3) is 0 Å². The smallest absolute Gasteiger partial charge is 0.326 e. The number of nitrogens with one attached hydrogen (secondary N) is 5. The Balaban J connectivity index is 2.14. The highest BCUT2D eigenvalue weighted by Crippen LogP contribution is 2.12. The van der Waals surface area contributed by atoms with Crippen LogP contribution in [-0.4, -0.2) is 76.0 Å². The number of nitrogens with two attached hydrogens (primary N) is 1. The topological polar surface area (TPSA) is 191 Å². The fourth-order valence-corrected chi connectivity index (χ4v) is 3.97. The van der Waals surface area contributed by atoms with Crippen molar-refractivity contribution < 1.29 is 24.3 Å². The second-order valence-corrected chi connectivity index (χ2v) is 9.05. The number of carboxylic acid groups (broad SMARTS) is 1. The van der Waals surface area contributed by atoms with Crippen molar-refractivity contribution >= 4 is 23.7 Å². The van der Waals surface area contributed by atoms with Crippen molar-refractivity contribution in [3.63, 3.8) is 0 Å². The molecule has 1 fully saturated rings. The molecule has 2 heterocycles. The monoisotopic (exact) mass is 493 g/mol. The minimum absolute atomic E-state index is 0.0814. The molecule has 0 radical (unpaired) electrons. The van der Waals surface area contributed by atoms with E-state index >= 15 is 0 Å². The summed E-state index contributed by atoms with van der Waals surface area (Å²) >= 11 is 0. The van der Waals surface area contributed by atoms with Crippen molar-refractivity contribution in [1.29, 1.82) is 0 Å². The summed E-state index contributed by atoms with van der Waals surface area (Å²) in [6, 6.07) is -3.35. The van der Waals surface area contributed by atoms with E-state index in [1.807, 2.05) is 13.8 Å². The molecule has 0 bridgehead atoms. The third-order valence-corrected chi connectivity index (χ3v) is 6.34. The van der Waals surface area contributed by atoms with E-state index in [0.29, 0.717) is 37.9 Å². The molecule has 5 atom stereocenters. The van der Waals surface area contributed by atoms with Crippen LogP contribution in [0.2, 0.25) is 0 Å². The number of rotatable bonds is 15. The molecule has 2 rings (SSSR count). The van der Waals surface area contributed by atoms with Gasteiger partial charge in [-0.2, -0.15) is 0 Å². The van der Waals surface area contributed by atoms with Crippen LogP contribution in [0.3, 0.4) is 0 Å². The van der Waals surface area contributed by atoms with Crippen LogP contribution < -0.4 is 27.0 Å². The summed E-state index contributed by atoms with van der Waals surface area (Å²) in [7, 11) is 0. The third-order valence-electron chi connectivity index (χ3n) is 6.34. The van der Waals surface area contributed by atoms with Crippen LogP contribution >= 0.6 is 0 Å². The lowest BCUT2D eigenvalue weighted by molar-refractivity contribution is -0.142. The number of nitrogens with zero attached hydrogens (tertiary/aromatic N) is 1. The van der Waals surface area contributed by atoms with E-state index < -0.39 is 35.9 Å². The van der Waals surface area contributed by atoms with Gasteiger partial charge < -0.3 is 37.1 Å². The number of hydrogen-bond acceptors (Lipinski definition) is 7. The van der Waals surface area contributed by atoms with Gasteiger partial charge in [0.05, 0.1) is 12.4 Å². The first kappa shape index (κ1) is 28.2. The zero-order chi connectivity index (χ0) is 25.8. The molecule has 0 aromatic carbocycles. The third kappa shape index (κ3) is 8.95. The van der Waals surface area contributed by atoms with E-state index in [1.54, 1.807) is 0 Å². The summed E-state index contributed by atoms with van der Waals surface area (Å²) in [5, 5.41) is 20.8. The highest BCUT2D eigenvalue weighted by molar-refractivity contribution is 5.94. The zero-order valence-corrected chi connectivity index (χ0v) is 20.5. The number of aromatic amines is 1. The second kappa shape index (κ2) is 14.4. The second-order valence-electron chi connectivity index (χ2n) is 9.05. The van der Waals surface area contributed by atoms with Crippen LogP contribution in [0, 0.1) is 5.92 Å². The minimum atomic E-state index is -1.16. The molecule has 3 amide bonds. The quantitative estimate of drug-likeness (QED) is 0.158. The first-order chi connectivity index (χ1) is 16.8. The maximum absolute atomic E-state index is 13.3. The number of aliphatic carboxylic acids is 1. The van der Waals surface area contributed by atoms with Gasteiger partial charge in [-0.05, 0) is 51.1 Å². The number of aromatic nitrogens is 2. The molecule has 0 aliphatic carbocycles. The standard InChI is InChI=1S/C23H39N7O5/c1-3-14(2)19(30-20(31)16-8-6-10-26-16)22(33)29-18(11-15-12-25-13-27-15)21(32)28-17(23(34)35)7-4-5-9-24/h12-14,16-19,26H,3-11,24H2,1-2H3,(H,25,27)(H,28,32)(H,29,33)(H,30,31)(H,34,35). The van der Waals surface area contributed by atoms with Gasteiger partial charge in [0, 0.05) is 18.3 Å². The number of imidazole rings is 1. The molecule has 1 aliphatic heterocycles. The Morgan fingerprint density at radius 1 is 1.17 bits per heavy atom. The van der Waals surface area contributed by atoms with E-state index in [0.717, 1.165) is 13.0 Å². The van der Waals surface area contributed by atoms with Crippen LogP contribution in [0.4, 0.5) is 0 Å². The molecule has 1 aliphatic rings. The van der Waals surface area contributed by atoms with Gasteiger partial charge in [0.25, 0.3) is 0 Å².